The van der Waals surface area contributed by atoms with Crippen LogP contribution in [0.1, 0.15) is 38.3 Å². The predicted molar refractivity (Wildman–Crippen MR) is 164 cm³/mol. The number of anilines is 1. The van der Waals surface area contributed by atoms with E-state index in [9.17, 15) is 18.0 Å². The van der Waals surface area contributed by atoms with Crippen LogP contribution in [0.3, 0.4) is 0 Å². The van der Waals surface area contributed by atoms with Crippen LogP contribution in [0.25, 0.3) is 0 Å². The average molecular weight is 596 g/mol. The van der Waals surface area contributed by atoms with Crippen LogP contribution in [0.15, 0.2) is 77.7 Å². The molecule has 0 saturated heterocycles. The van der Waals surface area contributed by atoms with Gasteiger partial charge in [0.2, 0.25) is 11.8 Å². The highest BCUT2D eigenvalue weighted by Crippen LogP contribution is 2.32. The SMILES string of the molecule is CC[C@H](C(=O)NC(C)C)N(CCc1ccccc1)C(=O)CN(c1ccc(C)cc1)S(=O)(=O)c1ccc(OC)c(OC)c1. The molecule has 0 spiro atoms. The maximum Gasteiger partial charge on any atom is 0.264 e. The summed E-state index contributed by atoms with van der Waals surface area (Å²) >= 11 is 0. The maximum absolute atomic E-state index is 14.1. The Labute approximate surface area is 249 Å². The number of amides is 2. The highest BCUT2D eigenvalue weighted by Gasteiger charge is 2.34. The molecule has 1 atom stereocenters. The van der Waals surface area contributed by atoms with Crippen molar-refractivity contribution in [3.05, 3.63) is 83.9 Å². The number of carbonyl (C=O) groups is 2. The fourth-order valence-electron chi connectivity index (χ4n) is 4.62. The quantitative estimate of drug-likeness (QED) is 0.293. The third-order valence-electron chi connectivity index (χ3n) is 6.84. The second kappa shape index (κ2) is 14.7. The van der Waals surface area contributed by atoms with Crippen LogP contribution in [0.2, 0.25) is 0 Å². The monoisotopic (exact) mass is 595 g/mol. The highest BCUT2D eigenvalue weighted by atomic mass is 32.2. The first kappa shape index (κ1) is 32.5. The van der Waals surface area contributed by atoms with Crippen molar-refractivity contribution in [1.29, 1.82) is 0 Å². The molecule has 0 radical (unpaired) electrons. The summed E-state index contributed by atoms with van der Waals surface area (Å²) < 4.78 is 39.9. The maximum atomic E-state index is 14.1. The first-order chi connectivity index (χ1) is 20.0. The topological polar surface area (TPSA) is 105 Å². The zero-order valence-corrected chi connectivity index (χ0v) is 26.0. The molecule has 9 nitrogen and oxygen atoms in total. The standard InChI is InChI=1S/C32H41N3O6S/c1-7-28(32(37)33-23(2)3)34(20-19-25-11-9-8-10-12-25)31(36)22-35(26-15-13-24(4)14-16-26)42(38,39)27-17-18-29(40-5)30(21-27)41-6/h8-18,21,23,28H,7,19-20,22H2,1-6H3,(H,33,37)/t28-/m1/s1. The van der Waals surface area contributed by atoms with Gasteiger partial charge >= 0.3 is 0 Å². The second-order valence-electron chi connectivity index (χ2n) is 10.3. The Morgan fingerprint density at radius 2 is 1.55 bits per heavy atom. The van der Waals surface area contributed by atoms with Crippen LogP contribution in [0, 0.1) is 6.92 Å². The minimum Gasteiger partial charge on any atom is -0.493 e. The van der Waals surface area contributed by atoms with Gasteiger partial charge in [-0.3, -0.25) is 13.9 Å². The van der Waals surface area contributed by atoms with E-state index >= 15 is 0 Å². The smallest absolute Gasteiger partial charge is 0.264 e. The summed E-state index contributed by atoms with van der Waals surface area (Å²) in [6, 6.07) is 20.0. The second-order valence-corrected chi connectivity index (χ2v) is 12.1. The molecule has 0 fully saturated rings. The van der Waals surface area contributed by atoms with E-state index in [2.05, 4.69) is 5.32 Å². The van der Waals surface area contributed by atoms with Crippen molar-refractivity contribution in [3.8, 4) is 11.5 Å². The zero-order valence-electron chi connectivity index (χ0n) is 25.2. The first-order valence-electron chi connectivity index (χ1n) is 14.0. The lowest BCUT2D eigenvalue weighted by Crippen LogP contribution is -2.54. The highest BCUT2D eigenvalue weighted by molar-refractivity contribution is 7.92. The number of carbonyl (C=O) groups excluding carboxylic acids is 2. The van der Waals surface area contributed by atoms with E-state index in [0.29, 0.717) is 24.3 Å². The molecule has 42 heavy (non-hydrogen) atoms. The van der Waals surface area contributed by atoms with Crippen LogP contribution in [0.5, 0.6) is 11.5 Å². The van der Waals surface area contributed by atoms with Gasteiger partial charge in [-0.2, -0.15) is 0 Å². The molecule has 3 aromatic carbocycles. The molecule has 0 aliphatic heterocycles. The van der Waals surface area contributed by atoms with Crippen molar-refractivity contribution < 1.29 is 27.5 Å². The molecule has 0 heterocycles. The van der Waals surface area contributed by atoms with Gasteiger partial charge in [-0.05, 0) is 63.4 Å². The number of methoxy groups -OCH3 is 2. The molecule has 0 aliphatic rings. The number of nitrogens with one attached hydrogen (secondary N) is 1. The lowest BCUT2D eigenvalue weighted by atomic mass is 10.1. The molecule has 0 saturated carbocycles. The van der Waals surface area contributed by atoms with Crippen LogP contribution >= 0.6 is 0 Å². The Balaban J connectivity index is 2.05. The molecule has 3 aromatic rings. The minimum absolute atomic E-state index is 0.0612. The molecule has 0 bridgehead atoms. The number of aryl methyl sites for hydroxylation is 1. The van der Waals surface area contributed by atoms with E-state index in [1.165, 1.54) is 37.3 Å². The van der Waals surface area contributed by atoms with Gasteiger partial charge in [0, 0.05) is 18.7 Å². The Hall–Kier alpha value is -4.05. The van der Waals surface area contributed by atoms with E-state index in [-0.39, 0.29) is 29.1 Å². The first-order valence-corrected chi connectivity index (χ1v) is 15.4. The fourth-order valence-corrected chi connectivity index (χ4v) is 6.05. The molecule has 226 valence electrons. The van der Waals surface area contributed by atoms with E-state index in [4.69, 9.17) is 9.47 Å². The molecule has 0 unspecified atom stereocenters. The normalized spacial score (nSPS) is 12.0. The molecule has 1 N–H and O–H groups in total. The summed E-state index contributed by atoms with van der Waals surface area (Å²) in [5.41, 5.74) is 2.27. The molecular formula is C32H41N3O6S. The molecule has 0 aliphatic carbocycles. The van der Waals surface area contributed by atoms with Crippen molar-refractivity contribution in [1.82, 2.24) is 10.2 Å². The number of sulfonamides is 1. The largest absolute Gasteiger partial charge is 0.493 e. The molecule has 10 heteroatoms. The summed E-state index contributed by atoms with van der Waals surface area (Å²) in [7, 11) is -1.35. The lowest BCUT2D eigenvalue weighted by molar-refractivity contribution is -0.139. The summed E-state index contributed by atoms with van der Waals surface area (Å²) in [5, 5.41) is 2.91. The fraction of sp³-hybridized carbons (Fsp3) is 0.375. The van der Waals surface area contributed by atoms with Gasteiger partial charge in [0.05, 0.1) is 24.8 Å². The van der Waals surface area contributed by atoms with Crippen molar-refractivity contribution >= 4 is 27.5 Å². The van der Waals surface area contributed by atoms with Crippen LogP contribution in [-0.4, -0.2) is 64.5 Å². The van der Waals surface area contributed by atoms with Gasteiger partial charge < -0.3 is 19.7 Å². The molecular weight excluding hydrogens is 554 g/mol. The summed E-state index contributed by atoms with van der Waals surface area (Å²) in [6.45, 7) is 7.19. The number of nitrogens with zero attached hydrogens (tertiary/aromatic N) is 2. The Bertz CT molecular complexity index is 1440. The number of benzene rings is 3. The summed E-state index contributed by atoms with van der Waals surface area (Å²) in [4.78, 5) is 28.8. The molecule has 0 aromatic heterocycles. The van der Waals surface area contributed by atoms with Gasteiger partial charge in [0.15, 0.2) is 11.5 Å². The summed E-state index contributed by atoms with van der Waals surface area (Å²) in [5.74, 6) is -0.141. The van der Waals surface area contributed by atoms with Crippen molar-refractivity contribution in [3.63, 3.8) is 0 Å². The van der Waals surface area contributed by atoms with E-state index in [0.717, 1.165) is 15.4 Å². The molecule has 2 amide bonds. The van der Waals surface area contributed by atoms with E-state index in [1.54, 1.807) is 24.3 Å². The van der Waals surface area contributed by atoms with Crippen molar-refractivity contribution in [2.45, 2.75) is 57.5 Å². The lowest BCUT2D eigenvalue weighted by Gasteiger charge is -2.33. The third-order valence-corrected chi connectivity index (χ3v) is 8.61. The van der Waals surface area contributed by atoms with Gasteiger partial charge in [-0.25, -0.2) is 8.42 Å². The van der Waals surface area contributed by atoms with Crippen molar-refractivity contribution in [2.75, 3.05) is 31.6 Å². The van der Waals surface area contributed by atoms with Crippen molar-refractivity contribution in [2.24, 2.45) is 0 Å². The average Bonchev–Trinajstić information content (AvgIpc) is 2.98. The minimum atomic E-state index is -4.24. The van der Waals surface area contributed by atoms with Gasteiger partial charge in [0.1, 0.15) is 12.6 Å². The predicted octanol–water partition coefficient (Wildman–Crippen LogP) is 4.58. The van der Waals surface area contributed by atoms with Crippen LogP contribution < -0.4 is 19.1 Å². The number of hydrogen-bond donors (Lipinski definition) is 1. The van der Waals surface area contributed by atoms with Gasteiger partial charge in [-0.1, -0.05) is 55.0 Å². The van der Waals surface area contributed by atoms with Crippen LogP contribution in [0.4, 0.5) is 5.69 Å². The number of ether oxygens (including phenoxy) is 2. The Kier molecular flexibility index (Phi) is 11.4. The number of rotatable bonds is 14. The Morgan fingerprint density at radius 3 is 2.12 bits per heavy atom. The zero-order chi connectivity index (χ0) is 30.9. The van der Waals surface area contributed by atoms with Crippen LogP contribution in [-0.2, 0) is 26.0 Å². The van der Waals surface area contributed by atoms with Gasteiger partial charge in [0.25, 0.3) is 10.0 Å². The Morgan fingerprint density at radius 1 is 0.905 bits per heavy atom. The van der Waals surface area contributed by atoms with Gasteiger partial charge in [-0.15, -0.1) is 0 Å². The van der Waals surface area contributed by atoms with E-state index in [1.807, 2.05) is 58.0 Å². The summed E-state index contributed by atoms with van der Waals surface area (Å²) in [6.07, 6.45) is 0.872. The third kappa shape index (κ3) is 8.03. The number of hydrogen-bond acceptors (Lipinski definition) is 6. The molecule has 3 rings (SSSR count). The van der Waals surface area contributed by atoms with E-state index < -0.39 is 28.5 Å².